The average Bonchev–Trinajstić information content (AvgIpc) is 2.62. The molecule has 0 atom stereocenters. The monoisotopic (exact) mass is 479 g/mol. The zero-order chi connectivity index (χ0) is 18.1. The van der Waals surface area contributed by atoms with E-state index in [0.29, 0.717) is 0 Å². The van der Waals surface area contributed by atoms with E-state index >= 15 is 0 Å². The number of halogens is 1. The summed E-state index contributed by atoms with van der Waals surface area (Å²) in [5, 5.41) is 0. The Hall–Kier alpha value is 0.690. The number of quaternary nitrogens is 1. The molecule has 26 heavy (non-hydrogen) atoms. The van der Waals surface area contributed by atoms with Crippen LogP contribution in [-0.2, 0) is 0 Å². The number of piperidine rings is 1. The molecule has 0 radical (unpaired) electrons. The van der Waals surface area contributed by atoms with E-state index in [1.165, 1.54) is 146 Å². The van der Waals surface area contributed by atoms with Gasteiger partial charge in [-0.2, -0.15) is 0 Å². The quantitative estimate of drug-likeness (QED) is 0.158. The molecule has 0 aromatic heterocycles. The van der Waals surface area contributed by atoms with Crippen LogP contribution in [0.5, 0.6) is 0 Å². The van der Waals surface area contributed by atoms with Crippen LogP contribution in [0.15, 0.2) is 0 Å². The lowest BCUT2D eigenvalue weighted by Crippen LogP contribution is -3.00. The van der Waals surface area contributed by atoms with Crippen LogP contribution in [0.3, 0.4) is 0 Å². The van der Waals surface area contributed by atoms with Crippen LogP contribution in [0.2, 0.25) is 0 Å². The third-order valence-corrected chi connectivity index (χ3v) is 6.45. The largest absolute Gasteiger partial charge is 1.00 e. The minimum Gasteiger partial charge on any atom is -1.00 e. The Kier molecular flexibility index (Phi) is 19.5. The summed E-state index contributed by atoms with van der Waals surface area (Å²) in [6.45, 7) is 6.63. The minimum absolute atomic E-state index is 0. The molecule has 1 heterocycles. The highest BCUT2D eigenvalue weighted by Crippen LogP contribution is 2.18. The Morgan fingerprint density at radius 1 is 0.500 bits per heavy atom. The van der Waals surface area contributed by atoms with Gasteiger partial charge in [-0.3, -0.25) is 0 Å². The number of rotatable bonds is 17. The van der Waals surface area contributed by atoms with E-state index in [9.17, 15) is 0 Å². The average molecular weight is 480 g/mol. The van der Waals surface area contributed by atoms with E-state index in [4.69, 9.17) is 0 Å². The van der Waals surface area contributed by atoms with Crippen molar-refractivity contribution in [3.63, 3.8) is 0 Å². The molecule has 0 spiro atoms. The van der Waals surface area contributed by atoms with Crippen LogP contribution in [0.4, 0.5) is 0 Å². The first-order valence-corrected chi connectivity index (χ1v) is 12.1. The Balaban J connectivity index is 0.00000625. The fraction of sp³-hybridized carbons (Fsp3) is 1.00. The van der Waals surface area contributed by atoms with Crippen molar-refractivity contribution in [3.8, 4) is 0 Å². The van der Waals surface area contributed by atoms with E-state index in [0.717, 1.165) is 0 Å². The third kappa shape index (κ3) is 15.7. The summed E-state index contributed by atoms with van der Waals surface area (Å²) in [6.07, 6.45) is 28.0. The second kappa shape index (κ2) is 19.0. The number of unbranched alkanes of at least 4 members (excludes halogenated alkanes) is 15. The molecule has 0 saturated carbocycles. The first-order valence-electron chi connectivity index (χ1n) is 12.1. The molecule has 0 aliphatic carbocycles. The Morgan fingerprint density at radius 3 is 1.23 bits per heavy atom. The molecule has 2 heteroatoms. The van der Waals surface area contributed by atoms with Crippen LogP contribution in [0, 0.1) is 0 Å². The number of hydrogen-bond acceptors (Lipinski definition) is 0. The van der Waals surface area contributed by atoms with Crippen molar-refractivity contribution in [2.24, 2.45) is 0 Å². The molecule has 0 aromatic rings. The second-order valence-corrected chi connectivity index (χ2v) is 9.15. The molecule has 1 aliphatic rings. The molecule has 0 bridgehead atoms. The van der Waals surface area contributed by atoms with Gasteiger partial charge in [-0.05, 0) is 32.1 Å². The molecular weight excluding hydrogens is 429 g/mol. The van der Waals surface area contributed by atoms with Crippen LogP contribution >= 0.6 is 0 Å². The first kappa shape index (κ1) is 26.7. The lowest BCUT2D eigenvalue weighted by Gasteiger charge is -2.37. The first-order chi connectivity index (χ1) is 12.3. The van der Waals surface area contributed by atoms with Gasteiger partial charge in [-0.1, -0.05) is 96.8 Å². The summed E-state index contributed by atoms with van der Waals surface area (Å²) in [5.41, 5.74) is 0. The highest BCUT2D eigenvalue weighted by molar-refractivity contribution is 4.53. The summed E-state index contributed by atoms with van der Waals surface area (Å²) >= 11 is 0. The van der Waals surface area contributed by atoms with Gasteiger partial charge in [0.1, 0.15) is 0 Å². The van der Waals surface area contributed by atoms with Gasteiger partial charge in [0, 0.05) is 0 Å². The van der Waals surface area contributed by atoms with Crippen molar-refractivity contribution >= 4 is 0 Å². The molecule has 0 N–H and O–H groups in total. The highest BCUT2D eigenvalue weighted by Gasteiger charge is 2.23. The number of nitrogens with zero attached hydrogens (tertiary/aromatic N) is 1. The Labute approximate surface area is 183 Å². The SMILES string of the molecule is CCCCCCCCCCCCCCCCCC[N+]1(C)CCCCC1.[I-]. The van der Waals surface area contributed by atoms with Crippen molar-refractivity contribution in [1.29, 1.82) is 0 Å². The van der Waals surface area contributed by atoms with Crippen molar-refractivity contribution in [2.45, 2.75) is 129 Å². The molecule has 1 rings (SSSR count). The maximum Gasteiger partial charge on any atom is 0.0784 e. The predicted molar refractivity (Wildman–Crippen MR) is 114 cm³/mol. The zero-order valence-electron chi connectivity index (χ0n) is 18.4. The Bertz CT molecular complexity index is 273. The fourth-order valence-electron chi connectivity index (χ4n) is 4.54. The molecular formula is C24H50IN. The van der Waals surface area contributed by atoms with Crippen molar-refractivity contribution in [2.75, 3.05) is 26.7 Å². The summed E-state index contributed by atoms with van der Waals surface area (Å²) in [6, 6.07) is 0. The van der Waals surface area contributed by atoms with Gasteiger partial charge in [0.2, 0.25) is 0 Å². The summed E-state index contributed by atoms with van der Waals surface area (Å²) in [5.74, 6) is 0. The number of hydrogen-bond donors (Lipinski definition) is 0. The molecule has 1 aliphatic heterocycles. The molecule has 1 nitrogen and oxygen atoms in total. The predicted octanol–water partition coefficient (Wildman–Crippen LogP) is 4.88. The number of likely N-dealkylation sites (tertiary alicyclic amines) is 1. The van der Waals surface area contributed by atoms with Crippen molar-refractivity contribution < 1.29 is 28.5 Å². The normalized spacial score (nSPS) is 16.4. The summed E-state index contributed by atoms with van der Waals surface area (Å²) < 4.78 is 1.37. The Morgan fingerprint density at radius 2 is 0.846 bits per heavy atom. The van der Waals surface area contributed by atoms with E-state index in [1.807, 2.05) is 0 Å². The van der Waals surface area contributed by atoms with Crippen molar-refractivity contribution in [1.82, 2.24) is 0 Å². The topological polar surface area (TPSA) is 0 Å². The molecule has 0 aromatic carbocycles. The lowest BCUT2D eigenvalue weighted by molar-refractivity contribution is -0.914. The molecule has 1 fully saturated rings. The molecule has 0 unspecified atom stereocenters. The van der Waals surface area contributed by atoms with Crippen LogP contribution < -0.4 is 24.0 Å². The third-order valence-electron chi connectivity index (χ3n) is 6.45. The van der Waals surface area contributed by atoms with Crippen LogP contribution in [0.1, 0.15) is 129 Å². The lowest BCUT2D eigenvalue weighted by atomic mass is 10.0. The van der Waals surface area contributed by atoms with E-state index in [1.54, 1.807) is 0 Å². The van der Waals surface area contributed by atoms with Gasteiger partial charge < -0.3 is 28.5 Å². The molecule has 0 amide bonds. The van der Waals surface area contributed by atoms with Gasteiger partial charge in [-0.25, -0.2) is 0 Å². The summed E-state index contributed by atoms with van der Waals surface area (Å²) in [7, 11) is 2.49. The highest BCUT2D eigenvalue weighted by atomic mass is 127. The van der Waals surface area contributed by atoms with E-state index in [-0.39, 0.29) is 24.0 Å². The maximum atomic E-state index is 2.49. The van der Waals surface area contributed by atoms with Gasteiger partial charge in [0.15, 0.2) is 0 Å². The standard InChI is InChI=1S/C24H50N.HI/c1-3-4-5-6-7-8-9-10-11-12-13-14-15-16-17-19-22-25(2)23-20-18-21-24-25;/h3-24H2,1-2H3;1H/q+1;/p-1. The fourth-order valence-corrected chi connectivity index (χ4v) is 4.54. The minimum atomic E-state index is 0. The van der Waals surface area contributed by atoms with E-state index in [2.05, 4.69) is 14.0 Å². The maximum absolute atomic E-state index is 2.49. The van der Waals surface area contributed by atoms with E-state index < -0.39 is 0 Å². The van der Waals surface area contributed by atoms with Gasteiger partial charge >= 0.3 is 0 Å². The zero-order valence-corrected chi connectivity index (χ0v) is 20.5. The molecule has 158 valence electrons. The smallest absolute Gasteiger partial charge is 0.0784 e. The van der Waals surface area contributed by atoms with Gasteiger partial charge in [0.25, 0.3) is 0 Å². The summed E-state index contributed by atoms with van der Waals surface area (Å²) in [4.78, 5) is 0. The van der Waals surface area contributed by atoms with Gasteiger partial charge in [-0.15, -0.1) is 0 Å². The molecule has 1 saturated heterocycles. The van der Waals surface area contributed by atoms with Gasteiger partial charge in [0.05, 0.1) is 26.7 Å². The van der Waals surface area contributed by atoms with Crippen LogP contribution in [-0.4, -0.2) is 31.2 Å². The van der Waals surface area contributed by atoms with Crippen molar-refractivity contribution in [3.05, 3.63) is 0 Å². The second-order valence-electron chi connectivity index (χ2n) is 9.15. The van der Waals surface area contributed by atoms with Crippen LogP contribution in [0.25, 0.3) is 0 Å².